The number of halogens is 2. The maximum Gasteiger partial charge on any atom is 0.251 e. The third-order valence-corrected chi connectivity index (χ3v) is 6.35. The lowest BCUT2D eigenvalue weighted by Gasteiger charge is -2.26. The number of benzene rings is 1. The number of amides is 2. The average molecular weight is 495 g/mol. The highest BCUT2D eigenvalue weighted by Gasteiger charge is 2.40. The number of hydrogen-bond acceptors (Lipinski definition) is 4. The molecule has 0 saturated carbocycles. The normalized spacial score (nSPS) is 18.3. The molecule has 1 aromatic carbocycles. The SMILES string of the molecule is CC(C)c1ccc(C(NC(=O)C2CC(F)CN2C(=O)Cc2ccc[nH]c2=O)c2ccccc2)nc1F. The number of rotatable bonds is 7. The van der Waals surface area contributed by atoms with Crippen molar-refractivity contribution < 1.29 is 18.4 Å². The zero-order valence-corrected chi connectivity index (χ0v) is 20.1. The van der Waals surface area contributed by atoms with Crippen LogP contribution in [0.4, 0.5) is 8.78 Å². The number of alkyl halides is 1. The van der Waals surface area contributed by atoms with Crippen LogP contribution in [0.5, 0.6) is 0 Å². The highest BCUT2D eigenvalue weighted by molar-refractivity contribution is 5.89. The number of carbonyl (C=O) groups is 2. The molecule has 3 unspecified atom stereocenters. The lowest BCUT2D eigenvalue weighted by molar-refractivity contribution is -0.138. The molecule has 1 fully saturated rings. The molecule has 0 spiro atoms. The van der Waals surface area contributed by atoms with E-state index in [1.54, 1.807) is 42.5 Å². The van der Waals surface area contributed by atoms with E-state index in [2.05, 4.69) is 15.3 Å². The molecule has 3 aromatic rings. The van der Waals surface area contributed by atoms with Crippen molar-refractivity contribution in [3.05, 3.63) is 99.5 Å². The van der Waals surface area contributed by atoms with Gasteiger partial charge in [-0.25, -0.2) is 9.37 Å². The summed E-state index contributed by atoms with van der Waals surface area (Å²) in [7, 11) is 0. The fourth-order valence-electron chi connectivity index (χ4n) is 4.43. The van der Waals surface area contributed by atoms with Gasteiger partial charge < -0.3 is 15.2 Å². The quantitative estimate of drug-likeness (QED) is 0.492. The molecule has 0 radical (unpaired) electrons. The van der Waals surface area contributed by atoms with Gasteiger partial charge in [0.05, 0.1) is 24.7 Å². The minimum absolute atomic E-state index is 0.0623. The molecule has 2 amide bonds. The standard InChI is InChI=1S/C27H28F2N4O3/c1-16(2)20-10-11-21(31-25(20)29)24(17-7-4-3-5-8-17)32-27(36)22-14-19(28)15-33(22)23(34)13-18-9-6-12-30-26(18)35/h3-12,16,19,22,24H,13-15H2,1-2H3,(H,30,35)(H,32,36). The van der Waals surface area contributed by atoms with Crippen molar-refractivity contribution in [3.63, 3.8) is 0 Å². The lowest BCUT2D eigenvalue weighted by Crippen LogP contribution is -2.47. The Hall–Kier alpha value is -3.88. The van der Waals surface area contributed by atoms with E-state index in [9.17, 15) is 23.2 Å². The summed E-state index contributed by atoms with van der Waals surface area (Å²) in [6, 6.07) is 13.5. The van der Waals surface area contributed by atoms with Crippen LogP contribution in [0.15, 0.2) is 65.6 Å². The van der Waals surface area contributed by atoms with Gasteiger partial charge in [0.2, 0.25) is 17.8 Å². The maximum absolute atomic E-state index is 14.7. The van der Waals surface area contributed by atoms with Crippen LogP contribution in [0.2, 0.25) is 0 Å². The van der Waals surface area contributed by atoms with E-state index in [4.69, 9.17) is 0 Å². The average Bonchev–Trinajstić information content (AvgIpc) is 3.26. The third-order valence-electron chi connectivity index (χ3n) is 6.35. The van der Waals surface area contributed by atoms with Crippen molar-refractivity contribution in [1.29, 1.82) is 0 Å². The summed E-state index contributed by atoms with van der Waals surface area (Å²) in [5.74, 6) is -1.77. The molecule has 3 heterocycles. The van der Waals surface area contributed by atoms with Gasteiger partial charge in [0.1, 0.15) is 12.2 Å². The number of hydrogen-bond donors (Lipinski definition) is 2. The van der Waals surface area contributed by atoms with Gasteiger partial charge in [-0.15, -0.1) is 0 Å². The monoisotopic (exact) mass is 494 g/mol. The summed E-state index contributed by atoms with van der Waals surface area (Å²) in [5.41, 5.74) is 1.24. The number of nitrogens with zero attached hydrogens (tertiary/aromatic N) is 2. The predicted octanol–water partition coefficient (Wildman–Crippen LogP) is 3.42. The lowest BCUT2D eigenvalue weighted by atomic mass is 9.99. The Morgan fingerprint density at radius 1 is 1.14 bits per heavy atom. The topological polar surface area (TPSA) is 95.2 Å². The van der Waals surface area contributed by atoms with Crippen molar-refractivity contribution in [2.75, 3.05) is 6.54 Å². The Morgan fingerprint density at radius 3 is 2.56 bits per heavy atom. The van der Waals surface area contributed by atoms with Crippen molar-refractivity contribution in [2.45, 2.75) is 50.9 Å². The van der Waals surface area contributed by atoms with Gasteiger partial charge in [0.15, 0.2) is 0 Å². The molecule has 188 valence electrons. The van der Waals surface area contributed by atoms with Crippen LogP contribution >= 0.6 is 0 Å². The Kier molecular flexibility index (Phi) is 7.57. The number of H-pyrrole nitrogens is 1. The Morgan fingerprint density at radius 2 is 1.89 bits per heavy atom. The second kappa shape index (κ2) is 10.8. The van der Waals surface area contributed by atoms with E-state index in [1.807, 2.05) is 19.9 Å². The number of nitrogens with one attached hydrogen (secondary N) is 2. The molecule has 2 aromatic heterocycles. The summed E-state index contributed by atoms with van der Waals surface area (Å²) in [5, 5.41) is 2.85. The summed E-state index contributed by atoms with van der Waals surface area (Å²) in [4.78, 5) is 46.1. The first-order chi connectivity index (χ1) is 17.2. The van der Waals surface area contributed by atoms with Crippen LogP contribution in [-0.2, 0) is 16.0 Å². The van der Waals surface area contributed by atoms with Gasteiger partial charge in [0, 0.05) is 23.7 Å². The molecular formula is C27H28F2N4O3. The van der Waals surface area contributed by atoms with Crippen molar-refractivity contribution >= 4 is 11.8 Å². The summed E-state index contributed by atoms with van der Waals surface area (Å²) < 4.78 is 29.1. The molecule has 1 aliphatic rings. The van der Waals surface area contributed by atoms with Crippen molar-refractivity contribution in [3.8, 4) is 0 Å². The van der Waals surface area contributed by atoms with E-state index in [-0.39, 0.29) is 30.9 Å². The summed E-state index contributed by atoms with van der Waals surface area (Å²) in [6.45, 7) is 3.48. The van der Waals surface area contributed by atoms with Crippen LogP contribution in [0.1, 0.15) is 54.6 Å². The van der Waals surface area contributed by atoms with E-state index < -0.39 is 41.6 Å². The molecule has 7 nitrogen and oxygen atoms in total. The number of likely N-dealkylation sites (tertiary alicyclic amines) is 1. The number of carbonyl (C=O) groups excluding carboxylic acids is 2. The molecule has 3 atom stereocenters. The Balaban J connectivity index is 1.59. The summed E-state index contributed by atoms with van der Waals surface area (Å²) >= 11 is 0. The second-order valence-electron chi connectivity index (χ2n) is 9.22. The van der Waals surface area contributed by atoms with Crippen molar-refractivity contribution in [2.24, 2.45) is 0 Å². The smallest absolute Gasteiger partial charge is 0.251 e. The van der Waals surface area contributed by atoms with E-state index in [0.717, 1.165) is 0 Å². The summed E-state index contributed by atoms with van der Waals surface area (Å²) in [6.07, 6.45) is -0.347. The van der Waals surface area contributed by atoms with Crippen LogP contribution in [0, 0.1) is 5.95 Å². The van der Waals surface area contributed by atoms with Gasteiger partial charge in [-0.3, -0.25) is 14.4 Å². The Labute approximate surface area is 207 Å². The fourth-order valence-corrected chi connectivity index (χ4v) is 4.43. The molecule has 2 N–H and O–H groups in total. The highest BCUT2D eigenvalue weighted by Crippen LogP contribution is 2.27. The van der Waals surface area contributed by atoms with Crippen LogP contribution in [0.25, 0.3) is 0 Å². The zero-order valence-electron chi connectivity index (χ0n) is 20.1. The molecule has 0 aliphatic carbocycles. The molecule has 0 bridgehead atoms. The largest absolute Gasteiger partial charge is 0.342 e. The van der Waals surface area contributed by atoms with Gasteiger partial charge >= 0.3 is 0 Å². The van der Waals surface area contributed by atoms with Crippen molar-refractivity contribution in [1.82, 2.24) is 20.2 Å². The van der Waals surface area contributed by atoms with E-state index in [1.165, 1.54) is 17.2 Å². The first-order valence-electron chi connectivity index (χ1n) is 11.9. The third kappa shape index (κ3) is 5.50. The van der Waals surface area contributed by atoms with Crippen LogP contribution < -0.4 is 10.9 Å². The van der Waals surface area contributed by atoms with E-state index >= 15 is 0 Å². The van der Waals surface area contributed by atoms with Gasteiger partial charge in [0.25, 0.3) is 5.56 Å². The van der Waals surface area contributed by atoms with Gasteiger partial charge in [-0.05, 0) is 23.6 Å². The van der Waals surface area contributed by atoms with Gasteiger partial charge in [-0.2, -0.15) is 4.39 Å². The molecular weight excluding hydrogens is 466 g/mol. The number of aromatic amines is 1. The number of pyridine rings is 2. The van der Waals surface area contributed by atoms with Crippen LogP contribution in [0.3, 0.4) is 0 Å². The Bertz CT molecular complexity index is 1300. The first-order valence-corrected chi connectivity index (χ1v) is 11.9. The maximum atomic E-state index is 14.7. The minimum atomic E-state index is -1.38. The van der Waals surface area contributed by atoms with Gasteiger partial charge in [-0.1, -0.05) is 56.3 Å². The molecule has 4 rings (SSSR count). The highest BCUT2D eigenvalue weighted by atomic mass is 19.1. The van der Waals surface area contributed by atoms with E-state index in [0.29, 0.717) is 16.8 Å². The zero-order chi connectivity index (χ0) is 25.8. The molecule has 1 aliphatic heterocycles. The fraction of sp³-hybridized carbons (Fsp3) is 0.333. The van der Waals surface area contributed by atoms with Crippen LogP contribution in [-0.4, -0.2) is 45.4 Å². The molecule has 1 saturated heterocycles. The molecule has 36 heavy (non-hydrogen) atoms. The molecule has 9 heteroatoms. The minimum Gasteiger partial charge on any atom is -0.342 e. The first kappa shape index (κ1) is 25.2. The predicted molar refractivity (Wildman–Crippen MR) is 130 cm³/mol. The number of aromatic nitrogens is 2. The second-order valence-corrected chi connectivity index (χ2v) is 9.22.